The molecule has 1 aliphatic rings. The molecular formula is C25H28F3N5O4. The van der Waals surface area contributed by atoms with Crippen LogP contribution in [0.25, 0.3) is 10.9 Å². The molecule has 2 heterocycles. The Morgan fingerprint density at radius 1 is 1.22 bits per heavy atom. The fraction of sp³-hybridized carbons (Fsp3) is 0.400. The molecule has 0 aliphatic carbocycles. The lowest BCUT2D eigenvalue weighted by Crippen LogP contribution is -2.46. The highest BCUT2D eigenvalue weighted by atomic mass is 19.4. The van der Waals surface area contributed by atoms with E-state index in [2.05, 4.69) is 15.3 Å². The summed E-state index contributed by atoms with van der Waals surface area (Å²) in [5.74, 6) is 1.63. The topological polar surface area (TPSA) is 112 Å². The zero-order chi connectivity index (χ0) is 26.9. The number of nitrogens with zero attached hydrogens (tertiary/aromatic N) is 3. The van der Waals surface area contributed by atoms with Gasteiger partial charge in [0.15, 0.2) is 11.5 Å². The summed E-state index contributed by atoms with van der Waals surface area (Å²) in [7, 11) is 3.20. The lowest BCUT2D eigenvalue weighted by molar-refractivity contribution is -0.148. The predicted molar refractivity (Wildman–Crippen MR) is 132 cm³/mol. The number of nitrogens with one attached hydrogen (secondary N) is 1. The monoisotopic (exact) mass is 519 g/mol. The van der Waals surface area contributed by atoms with Gasteiger partial charge in [0, 0.05) is 30.7 Å². The smallest absolute Gasteiger partial charge is 0.416 e. The van der Waals surface area contributed by atoms with Crippen LogP contribution in [0.4, 0.5) is 24.7 Å². The first-order valence-electron chi connectivity index (χ1n) is 11.5. The molecule has 0 bridgehead atoms. The number of morpholine rings is 1. The van der Waals surface area contributed by atoms with Gasteiger partial charge >= 0.3 is 6.18 Å². The van der Waals surface area contributed by atoms with E-state index in [4.69, 9.17) is 19.9 Å². The summed E-state index contributed by atoms with van der Waals surface area (Å²) in [5, 5.41) is 3.78. The fourth-order valence-corrected chi connectivity index (χ4v) is 4.06. The number of nitrogen functional groups attached to an aromatic ring is 1. The second-order valence-corrected chi connectivity index (χ2v) is 8.91. The Morgan fingerprint density at radius 3 is 2.65 bits per heavy atom. The largest absolute Gasteiger partial charge is 0.493 e. The van der Waals surface area contributed by atoms with Gasteiger partial charge in [-0.25, -0.2) is 9.97 Å². The Morgan fingerprint density at radius 2 is 1.97 bits per heavy atom. The van der Waals surface area contributed by atoms with E-state index in [1.165, 1.54) is 13.2 Å². The minimum atomic E-state index is -4.52. The van der Waals surface area contributed by atoms with Gasteiger partial charge in [0.2, 0.25) is 5.91 Å². The van der Waals surface area contributed by atoms with Gasteiger partial charge in [-0.3, -0.25) is 4.79 Å². The summed E-state index contributed by atoms with van der Waals surface area (Å²) < 4.78 is 57.0. The third kappa shape index (κ3) is 5.96. The maximum absolute atomic E-state index is 13.3. The Kier molecular flexibility index (Phi) is 7.30. The van der Waals surface area contributed by atoms with Crippen molar-refractivity contribution in [3.05, 3.63) is 47.3 Å². The van der Waals surface area contributed by atoms with Crippen LogP contribution < -0.4 is 20.5 Å². The van der Waals surface area contributed by atoms with Gasteiger partial charge in [-0.2, -0.15) is 13.2 Å². The SMILES string of the molecule is COc1cc2nc(C)nc(N[C@H](C)c3cc(N)cc(C(F)(F)F)c3)c2cc1OC[C@@H]1CN(C)C(=O)CO1. The summed E-state index contributed by atoms with van der Waals surface area (Å²) >= 11 is 0. The van der Waals surface area contributed by atoms with Crippen LogP contribution >= 0.6 is 0 Å². The molecule has 198 valence electrons. The van der Waals surface area contributed by atoms with Gasteiger partial charge in [-0.05, 0) is 43.7 Å². The van der Waals surface area contributed by atoms with E-state index in [0.717, 1.165) is 12.1 Å². The maximum atomic E-state index is 13.3. The Labute approximate surface area is 211 Å². The minimum Gasteiger partial charge on any atom is -0.493 e. The molecule has 3 aromatic rings. The number of carbonyl (C=O) groups is 1. The van der Waals surface area contributed by atoms with E-state index in [9.17, 15) is 18.0 Å². The molecule has 12 heteroatoms. The molecule has 0 radical (unpaired) electrons. The number of hydrogen-bond acceptors (Lipinski definition) is 8. The van der Waals surface area contributed by atoms with Crippen molar-refractivity contribution in [3.8, 4) is 11.5 Å². The van der Waals surface area contributed by atoms with Crippen LogP contribution in [-0.4, -0.2) is 60.8 Å². The van der Waals surface area contributed by atoms with Gasteiger partial charge in [0.05, 0.1) is 24.2 Å². The van der Waals surface area contributed by atoms with Crippen LogP contribution in [0.15, 0.2) is 30.3 Å². The van der Waals surface area contributed by atoms with Crippen LogP contribution in [0.3, 0.4) is 0 Å². The lowest BCUT2D eigenvalue weighted by atomic mass is 10.0. The molecule has 1 fully saturated rings. The quantitative estimate of drug-likeness (QED) is 0.452. The van der Waals surface area contributed by atoms with Crippen molar-refractivity contribution in [3.63, 3.8) is 0 Å². The average molecular weight is 520 g/mol. The Hall–Kier alpha value is -3.80. The number of anilines is 2. The molecule has 0 spiro atoms. The Balaban J connectivity index is 1.64. The van der Waals surface area contributed by atoms with Crippen molar-refractivity contribution >= 4 is 28.3 Å². The summed E-state index contributed by atoms with van der Waals surface area (Å²) in [6.45, 7) is 3.98. The maximum Gasteiger partial charge on any atom is 0.416 e. The molecule has 1 aromatic heterocycles. The number of likely N-dealkylation sites (N-methyl/N-ethyl adjacent to an activating group) is 1. The predicted octanol–water partition coefficient (Wildman–Crippen LogP) is 3.96. The molecule has 1 aliphatic heterocycles. The molecule has 0 unspecified atom stereocenters. The standard InChI is InChI=1S/C25H28F3N5O4/c1-13(15-5-16(25(26,27)28)7-17(29)6-15)30-24-19-8-22(21(35-4)9-20(19)31-14(2)32-24)37-11-18-10-33(3)23(34)12-36-18/h5-9,13,18H,10-12,29H2,1-4H3,(H,30,31,32)/t13-,18+/m1/s1. The van der Waals surface area contributed by atoms with Crippen molar-refractivity contribution in [1.29, 1.82) is 0 Å². The Bertz CT molecular complexity index is 1320. The number of carbonyl (C=O) groups excluding carboxylic acids is 1. The highest BCUT2D eigenvalue weighted by molar-refractivity contribution is 5.92. The minimum absolute atomic E-state index is 0.0138. The van der Waals surface area contributed by atoms with E-state index in [1.54, 1.807) is 37.9 Å². The first-order valence-corrected chi connectivity index (χ1v) is 11.5. The molecule has 1 saturated heterocycles. The lowest BCUT2D eigenvalue weighted by Gasteiger charge is -2.29. The molecule has 3 N–H and O–H groups in total. The average Bonchev–Trinajstić information content (AvgIpc) is 2.83. The fourth-order valence-electron chi connectivity index (χ4n) is 4.06. The number of alkyl halides is 3. The first-order chi connectivity index (χ1) is 17.4. The summed E-state index contributed by atoms with van der Waals surface area (Å²) in [6.07, 6.45) is -4.84. The number of aromatic nitrogens is 2. The molecule has 37 heavy (non-hydrogen) atoms. The van der Waals surface area contributed by atoms with E-state index >= 15 is 0 Å². The highest BCUT2D eigenvalue weighted by Gasteiger charge is 2.31. The number of benzene rings is 2. The van der Waals surface area contributed by atoms with E-state index in [-0.39, 0.29) is 30.9 Å². The molecule has 9 nitrogen and oxygen atoms in total. The summed E-state index contributed by atoms with van der Waals surface area (Å²) in [4.78, 5) is 22.2. The molecule has 2 atom stereocenters. The van der Waals surface area contributed by atoms with Crippen molar-refractivity contribution in [2.75, 3.05) is 45.0 Å². The number of aryl methyl sites for hydroxylation is 1. The van der Waals surface area contributed by atoms with Gasteiger partial charge < -0.3 is 30.2 Å². The van der Waals surface area contributed by atoms with Gasteiger partial charge in [0.25, 0.3) is 0 Å². The van der Waals surface area contributed by atoms with Crippen LogP contribution in [-0.2, 0) is 15.7 Å². The molecular weight excluding hydrogens is 491 g/mol. The van der Waals surface area contributed by atoms with Gasteiger partial charge in [-0.15, -0.1) is 0 Å². The highest BCUT2D eigenvalue weighted by Crippen LogP contribution is 2.37. The van der Waals surface area contributed by atoms with Crippen LogP contribution in [0.1, 0.15) is 29.9 Å². The molecule has 1 amide bonds. The summed E-state index contributed by atoms with van der Waals surface area (Å²) in [5.41, 5.74) is 5.86. The van der Waals surface area contributed by atoms with Crippen LogP contribution in [0, 0.1) is 6.92 Å². The van der Waals surface area contributed by atoms with Crippen LogP contribution in [0.2, 0.25) is 0 Å². The third-order valence-corrected chi connectivity index (χ3v) is 6.02. The van der Waals surface area contributed by atoms with Gasteiger partial charge in [0.1, 0.15) is 31.0 Å². The zero-order valence-corrected chi connectivity index (χ0v) is 20.8. The van der Waals surface area contributed by atoms with Crippen molar-refractivity contribution in [2.45, 2.75) is 32.2 Å². The number of rotatable bonds is 7. The number of halogens is 3. The second kappa shape index (κ2) is 10.3. The number of methoxy groups -OCH3 is 1. The summed E-state index contributed by atoms with van der Waals surface area (Å²) in [6, 6.07) is 6.31. The molecule has 2 aromatic carbocycles. The van der Waals surface area contributed by atoms with E-state index in [0.29, 0.717) is 46.2 Å². The van der Waals surface area contributed by atoms with Crippen molar-refractivity contribution in [1.82, 2.24) is 14.9 Å². The molecule has 0 saturated carbocycles. The van der Waals surface area contributed by atoms with Gasteiger partial charge in [-0.1, -0.05) is 0 Å². The number of ether oxygens (including phenoxy) is 3. The second-order valence-electron chi connectivity index (χ2n) is 8.91. The first kappa shape index (κ1) is 26.3. The number of nitrogens with two attached hydrogens (primary N) is 1. The van der Waals surface area contributed by atoms with Crippen molar-refractivity contribution in [2.24, 2.45) is 0 Å². The van der Waals surface area contributed by atoms with Crippen molar-refractivity contribution < 1.29 is 32.2 Å². The van der Waals surface area contributed by atoms with E-state index < -0.39 is 17.8 Å². The molecule has 4 rings (SSSR count). The number of fused-ring (bicyclic) bond motifs is 1. The normalized spacial score (nSPS) is 17.1. The number of hydrogen-bond donors (Lipinski definition) is 2. The zero-order valence-electron chi connectivity index (χ0n) is 20.8. The number of amides is 1. The van der Waals surface area contributed by atoms with E-state index in [1.807, 2.05) is 0 Å². The van der Waals surface area contributed by atoms with Crippen LogP contribution in [0.5, 0.6) is 11.5 Å². The third-order valence-electron chi connectivity index (χ3n) is 6.02.